The molecular weight excluding hydrogens is 468 g/mol. The Morgan fingerprint density at radius 3 is 1.53 bits per heavy atom. The standard InChI is InChI=1S/C27H30O9/c28-25(34-19-7-1-4-16-22(19)31-16)13-10-11-14(26(29)35-20-8-2-5-17-23(20)32-17)15(12-13)27(30)36-21-9-3-6-18-24(21)33-18/h10-12,16-24H,1-9H2. The molecule has 1 aromatic rings. The quantitative estimate of drug-likeness (QED) is 0.331. The number of epoxide rings is 3. The maximum Gasteiger partial charge on any atom is 0.339 e. The van der Waals surface area contributed by atoms with Crippen molar-refractivity contribution >= 4 is 17.9 Å². The number of hydrogen-bond acceptors (Lipinski definition) is 9. The molecule has 0 amide bonds. The zero-order valence-electron chi connectivity index (χ0n) is 20.0. The van der Waals surface area contributed by atoms with Gasteiger partial charge in [0.05, 0.1) is 35.0 Å². The smallest absolute Gasteiger partial charge is 0.339 e. The molecule has 0 aromatic heterocycles. The molecule has 7 rings (SSSR count). The summed E-state index contributed by atoms with van der Waals surface area (Å²) in [6.07, 6.45) is 7.21. The number of benzene rings is 1. The molecule has 9 atom stereocenters. The molecule has 192 valence electrons. The summed E-state index contributed by atoms with van der Waals surface area (Å²) in [7, 11) is 0. The highest BCUT2D eigenvalue weighted by Gasteiger charge is 2.51. The van der Waals surface area contributed by atoms with Crippen molar-refractivity contribution in [1.82, 2.24) is 0 Å². The van der Waals surface area contributed by atoms with Crippen molar-refractivity contribution in [2.24, 2.45) is 0 Å². The highest BCUT2D eigenvalue weighted by atomic mass is 16.6. The lowest BCUT2D eigenvalue weighted by Crippen LogP contribution is -2.31. The van der Waals surface area contributed by atoms with Crippen molar-refractivity contribution in [3.8, 4) is 0 Å². The molecule has 0 bridgehead atoms. The molecule has 6 aliphatic rings. The number of fused-ring (bicyclic) bond motifs is 3. The van der Waals surface area contributed by atoms with Crippen LogP contribution in [0, 0.1) is 0 Å². The molecule has 9 nitrogen and oxygen atoms in total. The lowest BCUT2D eigenvalue weighted by molar-refractivity contribution is 0.0147. The Bertz CT molecular complexity index is 1090. The Hall–Kier alpha value is -2.49. The second-order valence-corrected chi connectivity index (χ2v) is 10.8. The maximum atomic E-state index is 13.3. The third-order valence-electron chi connectivity index (χ3n) is 8.37. The number of esters is 3. The summed E-state index contributed by atoms with van der Waals surface area (Å²) < 4.78 is 34.1. The van der Waals surface area contributed by atoms with Gasteiger partial charge < -0.3 is 28.4 Å². The van der Waals surface area contributed by atoms with E-state index in [1.165, 1.54) is 18.2 Å². The minimum absolute atomic E-state index is 0.00508. The van der Waals surface area contributed by atoms with Gasteiger partial charge in [0.1, 0.15) is 36.6 Å². The summed E-state index contributed by atoms with van der Waals surface area (Å²) in [6.45, 7) is 0. The fraction of sp³-hybridized carbons (Fsp3) is 0.667. The van der Waals surface area contributed by atoms with Crippen molar-refractivity contribution in [2.45, 2.75) is 113 Å². The monoisotopic (exact) mass is 498 g/mol. The molecule has 36 heavy (non-hydrogen) atoms. The Labute approximate surface area is 208 Å². The van der Waals surface area contributed by atoms with E-state index in [0.29, 0.717) is 6.42 Å². The number of hydrogen-bond donors (Lipinski definition) is 0. The molecule has 3 heterocycles. The zero-order chi connectivity index (χ0) is 24.4. The van der Waals surface area contributed by atoms with Gasteiger partial charge in [-0.05, 0) is 76.0 Å². The first-order valence-corrected chi connectivity index (χ1v) is 13.3. The van der Waals surface area contributed by atoms with Crippen LogP contribution in [0.5, 0.6) is 0 Å². The Morgan fingerprint density at radius 2 is 1.03 bits per heavy atom. The van der Waals surface area contributed by atoms with Gasteiger partial charge in [0, 0.05) is 0 Å². The topological polar surface area (TPSA) is 116 Å². The van der Waals surface area contributed by atoms with Gasteiger partial charge in [0.15, 0.2) is 0 Å². The Balaban J connectivity index is 1.11. The molecule has 0 spiro atoms. The molecule has 0 radical (unpaired) electrons. The SMILES string of the molecule is O=C(OC1CCCC2OC12)c1ccc(C(=O)OC2CCCC3OC23)c(C(=O)OC2CCCC3OC23)c1. The van der Waals surface area contributed by atoms with Crippen LogP contribution in [0.4, 0.5) is 0 Å². The summed E-state index contributed by atoms with van der Waals surface area (Å²) in [6, 6.07) is 4.35. The van der Waals surface area contributed by atoms with Gasteiger partial charge in [-0.15, -0.1) is 0 Å². The van der Waals surface area contributed by atoms with Crippen LogP contribution in [-0.4, -0.2) is 72.8 Å². The summed E-state index contributed by atoms with van der Waals surface area (Å²) in [5.41, 5.74) is 0.269. The van der Waals surface area contributed by atoms with Crippen molar-refractivity contribution in [3.63, 3.8) is 0 Å². The van der Waals surface area contributed by atoms with E-state index >= 15 is 0 Å². The van der Waals surface area contributed by atoms with Gasteiger partial charge in [0.25, 0.3) is 0 Å². The molecule has 3 aliphatic heterocycles. The molecule has 1 aromatic carbocycles. The fourth-order valence-corrected chi connectivity index (χ4v) is 6.20. The molecule has 3 aliphatic carbocycles. The van der Waals surface area contributed by atoms with Gasteiger partial charge in [-0.1, -0.05) is 0 Å². The first-order valence-electron chi connectivity index (χ1n) is 13.3. The number of ether oxygens (including phenoxy) is 6. The maximum absolute atomic E-state index is 13.3. The van der Waals surface area contributed by atoms with Gasteiger partial charge in [-0.25, -0.2) is 14.4 Å². The van der Waals surface area contributed by atoms with Crippen LogP contribution in [0.25, 0.3) is 0 Å². The number of carbonyl (C=O) groups is 3. The first-order chi connectivity index (χ1) is 17.5. The first kappa shape index (κ1) is 22.7. The largest absolute Gasteiger partial charge is 0.456 e. The third kappa shape index (κ3) is 4.31. The van der Waals surface area contributed by atoms with E-state index < -0.39 is 17.9 Å². The molecule has 6 fully saturated rings. The van der Waals surface area contributed by atoms with E-state index in [9.17, 15) is 14.4 Å². The number of rotatable bonds is 6. The van der Waals surface area contributed by atoms with Crippen LogP contribution >= 0.6 is 0 Å². The average Bonchev–Trinajstić information content (AvgIpc) is 3.73. The predicted octanol–water partition coefficient (Wildman–Crippen LogP) is 3.12. The summed E-state index contributed by atoms with van der Waals surface area (Å²) in [4.78, 5) is 39.4. The second kappa shape index (κ2) is 8.82. The van der Waals surface area contributed by atoms with Crippen molar-refractivity contribution < 1.29 is 42.8 Å². The van der Waals surface area contributed by atoms with Crippen LogP contribution < -0.4 is 0 Å². The Morgan fingerprint density at radius 1 is 0.583 bits per heavy atom. The highest BCUT2D eigenvalue weighted by Crippen LogP contribution is 2.41. The summed E-state index contributed by atoms with van der Waals surface area (Å²) in [5, 5.41) is 0. The van der Waals surface area contributed by atoms with Gasteiger partial charge in [-0.3, -0.25) is 0 Å². The highest BCUT2D eigenvalue weighted by molar-refractivity contribution is 6.05. The molecule has 3 saturated carbocycles. The van der Waals surface area contributed by atoms with Crippen LogP contribution in [0.3, 0.4) is 0 Å². The van der Waals surface area contributed by atoms with E-state index in [0.717, 1.165) is 51.4 Å². The van der Waals surface area contributed by atoms with Crippen LogP contribution in [0.15, 0.2) is 18.2 Å². The van der Waals surface area contributed by atoms with E-state index in [4.69, 9.17) is 28.4 Å². The van der Waals surface area contributed by atoms with E-state index in [2.05, 4.69) is 0 Å². The van der Waals surface area contributed by atoms with Gasteiger partial charge in [-0.2, -0.15) is 0 Å². The lowest BCUT2D eigenvalue weighted by atomic mass is 9.97. The fourth-order valence-electron chi connectivity index (χ4n) is 6.20. The second-order valence-electron chi connectivity index (χ2n) is 10.8. The molecule has 3 saturated heterocycles. The van der Waals surface area contributed by atoms with Crippen LogP contribution in [-0.2, 0) is 28.4 Å². The lowest BCUT2D eigenvalue weighted by Gasteiger charge is -2.22. The average molecular weight is 499 g/mol. The Kier molecular flexibility index (Phi) is 5.56. The summed E-state index contributed by atoms with van der Waals surface area (Å²) >= 11 is 0. The van der Waals surface area contributed by atoms with Crippen molar-refractivity contribution in [3.05, 3.63) is 34.9 Å². The van der Waals surface area contributed by atoms with Crippen LogP contribution in [0.2, 0.25) is 0 Å². The minimum atomic E-state index is -0.662. The van der Waals surface area contributed by atoms with Gasteiger partial charge in [0.2, 0.25) is 0 Å². The van der Waals surface area contributed by atoms with Crippen LogP contribution in [0.1, 0.15) is 88.9 Å². The zero-order valence-corrected chi connectivity index (χ0v) is 20.0. The minimum Gasteiger partial charge on any atom is -0.456 e. The summed E-state index contributed by atoms with van der Waals surface area (Å²) in [5.74, 6) is -1.83. The molecule has 0 N–H and O–H groups in total. The molecule has 9 heteroatoms. The van der Waals surface area contributed by atoms with E-state index in [1.54, 1.807) is 0 Å². The van der Waals surface area contributed by atoms with Crippen molar-refractivity contribution in [2.75, 3.05) is 0 Å². The van der Waals surface area contributed by atoms with E-state index in [-0.39, 0.29) is 71.6 Å². The normalized spacial score (nSPS) is 39.5. The van der Waals surface area contributed by atoms with Gasteiger partial charge >= 0.3 is 17.9 Å². The molecule has 9 unspecified atom stereocenters. The van der Waals surface area contributed by atoms with E-state index in [1.807, 2.05) is 0 Å². The third-order valence-corrected chi connectivity index (χ3v) is 8.37. The predicted molar refractivity (Wildman–Crippen MR) is 122 cm³/mol. The van der Waals surface area contributed by atoms with Crippen molar-refractivity contribution in [1.29, 1.82) is 0 Å². The number of carbonyl (C=O) groups excluding carboxylic acids is 3. The molecular formula is C27H30O9.